The monoisotopic (exact) mass is 155 g/mol. The van der Waals surface area contributed by atoms with Gasteiger partial charge in [0.05, 0.1) is 11.3 Å². The van der Waals surface area contributed by atoms with Crippen LogP contribution in [0.4, 0.5) is 5.88 Å². The van der Waals surface area contributed by atoms with Gasteiger partial charge >= 0.3 is 0 Å². The van der Waals surface area contributed by atoms with Crippen LogP contribution in [0.5, 0.6) is 0 Å². The maximum absolute atomic E-state index is 5.10. The quantitative estimate of drug-likeness (QED) is 0.577. The van der Waals surface area contributed by atoms with Gasteiger partial charge in [-0.3, -0.25) is 0 Å². The van der Waals surface area contributed by atoms with Crippen LogP contribution in [0.3, 0.4) is 0 Å². The van der Waals surface area contributed by atoms with E-state index >= 15 is 0 Å². The van der Waals surface area contributed by atoms with Crippen LogP contribution in [-0.2, 0) is 0 Å². The lowest BCUT2D eigenvalue weighted by molar-refractivity contribution is 0.572. The molecule has 0 radical (unpaired) electrons. The highest BCUT2D eigenvalue weighted by Gasteiger charge is 2.02. The lowest BCUT2D eigenvalue weighted by atomic mass is 10.5. The molecule has 0 fully saturated rings. The fourth-order valence-electron chi connectivity index (χ4n) is 0.616. The van der Waals surface area contributed by atoms with Crippen LogP contribution >= 0.6 is 12.2 Å². The second kappa shape index (κ2) is 2.84. The van der Waals surface area contributed by atoms with Gasteiger partial charge in [0.1, 0.15) is 0 Å². The maximum atomic E-state index is 5.10. The average Bonchev–Trinajstić information content (AvgIpc) is 2.36. The van der Waals surface area contributed by atoms with Crippen LogP contribution in [0.15, 0.2) is 22.8 Å². The number of furan rings is 1. The van der Waals surface area contributed by atoms with Gasteiger partial charge in [-0.2, -0.15) is 0 Å². The molecule has 1 aromatic rings. The number of thiocarbonyl (C=S) groups is 1. The number of anilines is 1. The van der Waals surface area contributed by atoms with Crippen LogP contribution in [-0.4, -0.2) is 12.0 Å². The first-order chi connectivity index (χ1) is 4.72. The molecule has 0 aliphatic carbocycles. The van der Waals surface area contributed by atoms with Gasteiger partial charge < -0.3 is 9.32 Å². The largest absolute Gasteiger partial charge is 0.448 e. The van der Waals surface area contributed by atoms with E-state index in [1.165, 1.54) is 0 Å². The predicted molar refractivity (Wildman–Crippen MR) is 45.4 cm³/mol. The molecule has 10 heavy (non-hydrogen) atoms. The van der Waals surface area contributed by atoms with Gasteiger partial charge in [0.15, 0.2) is 5.88 Å². The topological polar surface area (TPSA) is 16.4 Å². The van der Waals surface area contributed by atoms with Gasteiger partial charge in [0.25, 0.3) is 0 Å². The highest BCUT2D eigenvalue weighted by Crippen LogP contribution is 2.12. The highest BCUT2D eigenvalue weighted by atomic mass is 32.1. The molecule has 0 bridgehead atoms. The zero-order chi connectivity index (χ0) is 7.56. The minimum absolute atomic E-state index is 0.785. The van der Waals surface area contributed by atoms with Crippen molar-refractivity contribution in [2.24, 2.45) is 0 Å². The summed E-state index contributed by atoms with van der Waals surface area (Å²) in [5, 5.41) is 0. The van der Waals surface area contributed by atoms with E-state index in [4.69, 9.17) is 16.6 Å². The van der Waals surface area contributed by atoms with E-state index in [-0.39, 0.29) is 0 Å². The first-order valence-corrected chi connectivity index (χ1v) is 3.40. The fourth-order valence-corrected chi connectivity index (χ4v) is 0.706. The molecule has 2 nitrogen and oxygen atoms in total. The summed E-state index contributed by atoms with van der Waals surface area (Å²) in [4.78, 5) is 2.62. The minimum Gasteiger partial charge on any atom is -0.448 e. The van der Waals surface area contributed by atoms with E-state index < -0.39 is 0 Å². The SMILES string of the molecule is CC(=S)N(C)c1ccco1. The average molecular weight is 155 g/mol. The van der Waals surface area contributed by atoms with Crippen LogP contribution in [0.1, 0.15) is 6.92 Å². The Morgan fingerprint density at radius 3 is 2.80 bits per heavy atom. The molecule has 0 unspecified atom stereocenters. The highest BCUT2D eigenvalue weighted by molar-refractivity contribution is 7.80. The second-order valence-electron chi connectivity index (χ2n) is 2.03. The van der Waals surface area contributed by atoms with Crippen molar-refractivity contribution in [2.45, 2.75) is 6.92 Å². The van der Waals surface area contributed by atoms with E-state index in [2.05, 4.69) is 0 Å². The molecule has 54 valence electrons. The Bertz CT molecular complexity index is 218. The fraction of sp³-hybridized carbons (Fsp3) is 0.286. The molecule has 0 saturated carbocycles. The van der Waals surface area contributed by atoms with Crippen molar-refractivity contribution in [1.29, 1.82) is 0 Å². The molecule has 0 atom stereocenters. The van der Waals surface area contributed by atoms with Crippen molar-refractivity contribution in [2.75, 3.05) is 11.9 Å². The summed E-state index contributed by atoms with van der Waals surface area (Å²) >= 11 is 4.93. The van der Waals surface area contributed by atoms with Crippen LogP contribution in [0.2, 0.25) is 0 Å². The number of hydrogen-bond acceptors (Lipinski definition) is 2. The van der Waals surface area contributed by atoms with Gasteiger partial charge in [-0.25, -0.2) is 0 Å². The van der Waals surface area contributed by atoms with Crippen molar-refractivity contribution in [3.8, 4) is 0 Å². The van der Waals surface area contributed by atoms with E-state index in [0.717, 1.165) is 10.9 Å². The molecule has 0 N–H and O–H groups in total. The Morgan fingerprint density at radius 2 is 2.40 bits per heavy atom. The Hall–Kier alpha value is -0.830. The zero-order valence-corrected chi connectivity index (χ0v) is 6.81. The lowest BCUT2D eigenvalue weighted by Gasteiger charge is -2.12. The molecule has 0 aliphatic heterocycles. The summed E-state index contributed by atoms with van der Waals surface area (Å²) in [5.74, 6) is 0.785. The number of hydrogen-bond donors (Lipinski definition) is 0. The van der Waals surface area contributed by atoms with Crippen molar-refractivity contribution >= 4 is 23.1 Å². The van der Waals surface area contributed by atoms with Crippen LogP contribution in [0, 0.1) is 0 Å². The van der Waals surface area contributed by atoms with Crippen LogP contribution < -0.4 is 4.90 Å². The third-order valence-electron chi connectivity index (χ3n) is 1.31. The van der Waals surface area contributed by atoms with Gasteiger partial charge in [-0.15, -0.1) is 0 Å². The summed E-state index contributed by atoms with van der Waals surface area (Å²) < 4.78 is 5.10. The maximum Gasteiger partial charge on any atom is 0.199 e. The van der Waals surface area contributed by atoms with E-state index in [1.54, 1.807) is 6.26 Å². The van der Waals surface area contributed by atoms with E-state index in [1.807, 2.05) is 31.0 Å². The predicted octanol–water partition coefficient (Wildman–Crippen LogP) is 2.06. The molecule has 3 heteroatoms. The Kier molecular flexibility index (Phi) is 2.06. The molecular formula is C7H9NOS. The van der Waals surface area contributed by atoms with Gasteiger partial charge in [-0.05, 0) is 13.0 Å². The van der Waals surface area contributed by atoms with Crippen LogP contribution in [0.25, 0.3) is 0 Å². The summed E-state index contributed by atoms with van der Waals surface area (Å²) in [6.45, 7) is 1.86. The Labute approximate surface area is 65.4 Å². The Morgan fingerprint density at radius 1 is 1.70 bits per heavy atom. The van der Waals surface area contributed by atoms with E-state index in [0.29, 0.717) is 0 Å². The summed E-state index contributed by atoms with van der Waals surface area (Å²) in [6, 6.07) is 3.71. The summed E-state index contributed by atoms with van der Waals surface area (Å²) in [6.07, 6.45) is 1.63. The molecule has 1 aromatic heterocycles. The number of nitrogens with zero attached hydrogens (tertiary/aromatic N) is 1. The zero-order valence-electron chi connectivity index (χ0n) is 6.00. The normalized spacial score (nSPS) is 9.40. The van der Waals surface area contributed by atoms with Crippen molar-refractivity contribution in [3.63, 3.8) is 0 Å². The lowest BCUT2D eigenvalue weighted by Crippen LogP contribution is -2.20. The minimum atomic E-state index is 0.785. The standard InChI is InChI=1S/C7H9NOS/c1-6(10)8(2)7-4-3-5-9-7/h3-5H,1-2H3. The smallest absolute Gasteiger partial charge is 0.199 e. The first-order valence-electron chi connectivity index (χ1n) is 2.99. The molecule has 1 rings (SSSR count). The molecule has 0 amide bonds. The first kappa shape index (κ1) is 7.28. The van der Waals surface area contributed by atoms with Crippen molar-refractivity contribution < 1.29 is 4.42 Å². The second-order valence-corrected chi connectivity index (χ2v) is 2.62. The molecule has 0 aliphatic rings. The summed E-state index contributed by atoms with van der Waals surface area (Å²) in [7, 11) is 1.88. The van der Waals surface area contributed by atoms with E-state index in [9.17, 15) is 0 Å². The third kappa shape index (κ3) is 1.36. The van der Waals surface area contributed by atoms with Gasteiger partial charge in [0.2, 0.25) is 0 Å². The van der Waals surface area contributed by atoms with Gasteiger partial charge in [-0.1, -0.05) is 12.2 Å². The molecular weight excluding hydrogens is 146 g/mol. The molecule has 0 saturated heterocycles. The molecule has 0 aromatic carbocycles. The number of rotatable bonds is 1. The molecule has 1 heterocycles. The summed E-state index contributed by atoms with van der Waals surface area (Å²) in [5.41, 5.74) is 0. The van der Waals surface area contributed by atoms with Crippen molar-refractivity contribution in [3.05, 3.63) is 18.4 Å². The third-order valence-corrected chi connectivity index (χ3v) is 1.58. The molecule has 0 spiro atoms. The van der Waals surface area contributed by atoms with Gasteiger partial charge in [0, 0.05) is 13.1 Å². The van der Waals surface area contributed by atoms with Crippen molar-refractivity contribution in [1.82, 2.24) is 0 Å². The Balaban J connectivity index is 2.77.